The molecular weight excluding hydrogens is 214 g/mol. The highest BCUT2D eigenvalue weighted by Crippen LogP contribution is 2.65. The second-order valence-electron chi connectivity index (χ2n) is 5.49. The molecule has 0 aromatic rings. The minimum Gasteiger partial charge on any atom is -0.330 e. The first-order valence-corrected chi connectivity index (χ1v) is 6.88. The third kappa shape index (κ3) is 1.11. The van der Waals surface area contributed by atoms with Crippen LogP contribution in [0.2, 0.25) is 0 Å². The highest BCUT2D eigenvalue weighted by Gasteiger charge is 2.69. The Kier molecular flexibility index (Phi) is 2.24. The van der Waals surface area contributed by atoms with Crippen LogP contribution in [0.25, 0.3) is 0 Å². The van der Waals surface area contributed by atoms with E-state index >= 15 is 0 Å². The van der Waals surface area contributed by atoms with Crippen molar-refractivity contribution in [1.29, 1.82) is 0 Å². The van der Waals surface area contributed by atoms with Crippen LogP contribution >= 0.6 is 0 Å². The fraction of sp³-hybridized carbons (Fsp3) is 1.00. The SMILES string of the molecule is CC1(C)C2CC[C@@]1(S(=O)(=O)O)[C@@H](CN)C2. The molecule has 2 fully saturated rings. The smallest absolute Gasteiger partial charge is 0.271 e. The predicted molar refractivity (Wildman–Crippen MR) is 57.9 cm³/mol. The molecule has 0 radical (unpaired) electrons. The normalized spacial score (nSPS) is 43.5. The third-order valence-electron chi connectivity index (χ3n) is 4.95. The standard InChI is InChI=1S/C10H19NO3S/c1-9(2)7-3-4-10(9,15(12,13)14)8(5-7)6-11/h7-8H,3-6,11H2,1-2H3,(H,12,13,14)/t7?,8-,10-/m1/s1. The molecular formula is C10H19NO3S. The van der Waals surface area contributed by atoms with Crippen LogP contribution in [0.5, 0.6) is 0 Å². The van der Waals surface area contributed by atoms with E-state index in [4.69, 9.17) is 5.73 Å². The first kappa shape index (κ1) is 11.4. The van der Waals surface area contributed by atoms with Crippen LogP contribution in [0, 0.1) is 17.3 Å². The van der Waals surface area contributed by atoms with Crippen molar-refractivity contribution in [2.45, 2.75) is 37.9 Å². The minimum absolute atomic E-state index is 0.0822. The first-order chi connectivity index (χ1) is 6.77. The van der Waals surface area contributed by atoms with E-state index < -0.39 is 14.9 Å². The van der Waals surface area contributed by atoms with Crippen molar-refractivity contribution in [3.63, 3.8) is 0 Å². The maximum Gasteiger partial charge on any atom is 0.271 e. The van der Waals surface area contributed by atoms with Crippen molar-refractivity contribution in [3.8, 4) is 0 Å². The number of nitrogens with two attached hydrogens (primary N) is 1. The average Bonchev–Trinajstić information content (AvgIpc) is 2.50. The summed E-state index contributed by atoms with van der Waals surface area (Å²) < 4.78 is 32.0. The second-order valence-corrected chi connectivity index (χ2v) is 7.17. The molecule has 15 heavy (non-hydrogen) atoms. The fourth-order valence-electron chi connectivity index (χ4n) is 4.05. The van der Waals surface area contributed by atoms with Gasteiger partial charge in [0.1, 0.15) is 4.75 Å². The van der Waals surface area contributed by atoms with Gasteiger partial charge in [-0.05, 0) is 43.1 Å². The summed E-state index contributed by atoms with van der Waals surface area (Å²) in [7, 11) is -4.02. The summed E-state index contributed by atoms with van der Waals surface area (Å²) in [5, 5.41) is 0. The highest BCUT2D eigenvalue weighted by molar-refractivity contribution is 7.87. The molecule has 0 aliphatic heterocycles. The van der Waals surface area contributed by atoms with Crippen LogP contribution < -0.4 is 5.73 Å². The molecule has 0 aromatic heterocycles. The van der Waals surface area contributed by atoms with Crippen molar-refractivity contribution in [2.24, 2.45) is 23.0 Å². The summed E-state index contributed by atoms with van der Waals surface area (Å²) >= 11 is 0. The molecule has 88 valence electrons. The average molecular weight is 233 g/mol. The second kappa shape index (κ2) is 2.96. The number of rotatable bonds is 2. The van der Waals surface area contributed by atoms with Gasteiger partial charge in [0, 0.05) is 0 Å². The molecule has 3 atom stereocenters. The maximum absolute atomic E-state index is 11.7. The Morgan fingerprint density at radius 2 is 2.07 bits per heavy atom. The van der Waals surface area contributed by atoms with Crippen LogP contribution in [0.1, 0.15) is 33.1 Å². The molecule has 2 saturated carbocycles. The van der Waals surface area contributed by atoms with Gasteiger partial charge in [-0.2, -0.15) is 8.42 Å². The Hall–Kier alpha value is -0.130. The topological polar surface area (TPSA) is 80.4 Å². The molecule has 1 unspecified atom stereocenters. The van der Waals surface area contributed by atoms with Gasteiger partial charge in [0.05, 0.1) is 0 Å². The molecule has 0 saturated heterocycles. The van der Waals surface area contributed by atoms with Gasteiger partial charge in [0.25, 0.3) is 10.1 Å². The molecule has 0 aromatic carbocycles. The zero-order valence-corrected chi connectivity index (χ0v) is 10.0. The van der Waals surface area contributed by atoms with E-state index in [0.29, 0.717) is 18.9 Å². The largest absolute Gasteiger partial charge is 0.330 e. The van der Waals surface area contributed by atoms with Crippen LogP contribution in [0.3, 0.4) is 0 Å². The van der Waals surface area contributed by atoms with Gasteiger partial charge in [-0.1, -0.05) is 13.8 Å². The van der Waals surface area contributed by atoms with Crippen molar-refractivity contribution >= 4 is 10.1 Å². The highest BCUT2D eigenvalue weighted by atomic mass is 32.2. The molecule has 0 spiro atoms. The number of fused-ring (bicyclic) bond motifs is 2. The summed E-state index contributed by atoms with van der Waals surface area (Å²) in [6.45, 7) is 4.25. The summed E-state index contributed by atoms with van der Waals surface area (Å²) in [5.41, 5.74) is 5.31. The van der Waals surface area contributed by atoms with Crippen molar-refractivity contribution < 1.29 is 13.0 Å². The Bertz CT molecular complexity index is 376. The van der Waals surface area contributed by atoms with Gasteiger partial charge in [-0.3, -0.25) is 4.55 Å². The predicted octanol–water partition coefficient (Wildman–Crippen LogP) is 1.03. The lowest BCUT2D eigenvalue weighted by atomic mass is 9.79. The summed E-state index contributed by atoms with van der Waals surface area (Å²) in [6.07, 6.45) is 2.29. The van der Waals surface area contributed by atoms with Crippen LogP contribution in [0.4, 0.5) is 0 Å². The zero-order chi connectivity index (χ0) is 11.5. The summed E-state index contributed by atoms with van der Waals surface area (Å²) in [6, 6.07) is 0. The Morgan fingerprint density at radius 1 is 1.47 bits per heavy atom. The lowest BCUT2D eigenvalue weighted by molar-refractivity contribution is 0.241. The van der Waals surface area contributed by atoms with Crippen LogP contribution in [0.15, 0.2) is 0 Å². The van der Waals surface area contributed by atoms with Gasteiger partial charge >= 0.3 is 0 Å². The van der Waals surface area contributed by atoms with E-state index in [2.05, 4.69) is 0 Å². The lowest BCUT2D eigenvalue weighted by Crippen LogP contribution is -2.51. The Morgan fingerprint density at radius 3 is 2.40 bits per heavy atom. The fourth-order valence-corrected chi connectivity index (χ4v) is 5.87. The Balaban J connectivity index is 2.59. The number of hydrogen-bond acceptors (Lipinski definition) is 3. The number of hydrogen-bond donors (Lipinski definition) is 2. The third-order valence-corrected chi connectivity index (χ3v) is 6.93. The molecule has 3 N–H and O–H groups in total. The lowest BCUT2D eigenvalue weighted by Gasteiger charge is -2.38. The minimum atomic E-state index is -4.02. The van der Waals surface area contributed by atoms with E-state index in [1.54, 1.807) is 0 Å². The molecule has 2 rings (SSSR count). The van der Waals surface area contributed by atoms with E-state index in [1.807, 2.05) is 13.8 Å². The van der Waals surface area contributed by atoms with Crippen molar-refractivity contribution in [3.05, 3.63) is 0 Å². The van der Waals surface area contributed by atoms with E-state index in [0.717, 1.165) is 12.8 Å². The molecule has 0 amide bonds. The van der Waals surface area contributed by atoms with Gasteiger partial charge < -0.3 is 5.73 Å². The first-order valence-electron chi connectivity index (χ1n) is 5.44. The quantitative estimate of drug-likeness (QED) is 0.698. The molecule has 4 nitrogen and oxygen atoms in total. The van der Waals surface area contributed by atoms with Crippen LogP contribution in [-0.4, -0.2) is 24.3 Å². The monoisotopic (exact) mass is 233 g/mol. The summed E-state index contributed by atoms with van der Waals surface area (Å²) in [5.74, 6) is 0.300. The zero-order valence-electron chi connectivity index (χ0n) is 9.23. The molecule has 5 heteroatoms. The molecule has 0 heterocycles. The van der Waals surface area contributed by atoms with Gasteiger partial charge in [-0.15, -0.1) is 0 Å². The van der Waals surface area contributed by atoms with Gasteiger partial charge in [0.15, 0.2) is 0 Å². The Labute approximate surface area is 91.0 Å². The van der Waals surface area contributed by atoms with E-state index in [-0.39, 0.29) is 11.3 Å². The van der Waals surface area contributed by atoms with E-state index in [1.165, 1.54) is 0 Å². The molecule has 2 aliphatic carbocycles. The molecule has 2 bridgehead atoms. The maximum atomic E-state index is 11.7. The van der Waals surface area contributed by atoms with Gasteiger partial charge in [-0.25, -0.2) is 0 Å². The van der Waals surface area contributed by atoms with E-state index in [9.17, 15) is 13.0 Å². The van der Waals surface area contributed by atoms with Crippen molar-refractivity contribution in [2.75, 3.05) is 6.54 Å². The van der Waals surface area contributed by atoms with Crippen molar-refractivity contribution in [1.82, 2.24) is 0 Å². The van der Waals surface area contributed by atoms with Crippen LogP contribution in [-0.2, 0) is 10.1 Å². The van der Waals surface area contributed by atoms with Gasteiger partial charge in [0.2, 0.25) is 0 Å². The summed E-state index contributed by atoms with van der Waals surface area (Å²) in [4.78, 5) is 0. The molecule has 2 aliphatic rings.